The summed E-state index contributed by atoms with van der Waals surface area (Å²) >= 11 is 6.07. The molecule has 1 saturated heterocycles. The monoisotopic (exact) mass is 481 g/mol. The summed E-state index contributed by atoms with van der Waals surface area (Å²) in [4.78, 5) is 21.6. The van der Waals surface area contributed by atoms with E-state index in [-0.39, 0.29) is 23.9 Å². The molecular formula is C29H27N3O2S. The molecule has 35 heavy (non-hydrogen) atoms. The predicted octanol–water partition coefficient (Wildman–Crippen LogP) is 5.95. The highest BCUT2D eigenvalue weighted by Crippen LogP contribution is 2.45. The van der Waals surface area contributed by atoms with Gasteiger partial charge in [0.1, 0.15) is 11.8 Å². The molecule has 2 unspecified atom stereocenters. The highest BCUT2D eigenvalue weighted by Gasteiger charge is 2.51. The van der Waals surface area contributed by atoms with Gasteiger partial charge in [-0.1, -0.05) is 62.4 Å². The topological polar surface area (TPSA) is 48.6 Å². The third-order valence-electron chi connectivity index (χ3n) is 7.28. The van der Waals surface area contributed by atoms with E-state index in [4.69, 9.17) is 17.0 Å². The zero-order chi connectivity index (χ0) is 24.3. The largest absolute Gasteiger partial charge is 0.497 e. The van der Waals surface area contributed by atoms with Crippen molar-refractivity contribution in [1.82, 2.24) is 9.88 Å². The number of amides is 1. The molecule has 3 aromatic carbocycles. The fraction of sp³-hybridized carbons (Fsp3) is 0.241. The lowest BCUT2D eigenvalue weighted by atomic mass is 9.89. The highest BCUT2D eigenvalue weighted by atomic mass is 32.1. The molecule has 1 aromatic heterocycles. The fourth-order valence-electron chi connectivity index (χ4n) is 5.61. The van der Waals surface area contributed by atoms with Crippen molar-refractivity contribution < 1.29 is 9.53 Å². The molecule has 3 heterocycles. The first kappa shape index (κ1) is 21.9. The number of rotatable bonds is 4. The summed E-state index contributed by atoms with van der Waals surface area (Å²) in [6.07, 6.45) is 0.616. The SMILES string of the molecule is COc1ccc(C2c3[nH]c4ccccc4c3CC3C(=O)N(c4ccccc4C(C)C)C(=S)N32)cc1. The van der Waals surface area contributed by atoms with E-state index >= 15 is 0 Å². The number of anilines is 1. The van der Waals surface area contributed by atoms with Crippen LogP contribution >= 0.6 is 12.2 Å². The van der Waals surface area contributed by atoms with Crippen LogP contribution in [-0.2, 0) is 11.2 Å². The Kier molecular flexibility index (Phi) is 5.15. The van der Waals surface area contributed by atoms with Crippen molar-refractivity contribution in [3.8, 4) is 5.75 Å². The van der Waals surface area contributed by atoms with Gasteiger partial charge in [0, 0.05) is 23.0 Å². The lowest BCUT2D eigenvalue weighted by Crippen LogP contribution is -2.44. The van der Waals surface area contributed by atoms with Gasteiger partial charge in [0.05, 0.1) is 18.8 Å². The van der Waals surface area contributed by atoms with E-state index in [2.05, 4.69) is 60.1 Å². The normalized spacial score (nSPS) is 19.4. The molecule has 1 amide bonds. The molecule has 2 aliphatic rings. The summed E-state index contributed by atoms with van der Waals surface area (Å²) in [5.74, 6) is 1.11. The first-order valence-corrected chi connectivity index (χ1v) is 12.4. The number of H-pyrrole nitrogens is 1. The number of ether oxygens (including phenoxy) is 1. The Balaban J connectivity index is 1.53. The van der Waals surface area contributed by atoms with E-state index in [0.717, 1.165) is 33.8 Å². The van der Waals surface area contributed by atoms with Crippen molar-refractivity contribution in [3.63, 3.8) is 0 Å². The maximum atomic E-state index is 14.0. The first-order chi connectivity index (χ1) is 17.0. The summed E-state index contributed by atoms with van der Waals surface area (Å²) in [6, 6.07) is 23.9. The Bertz CT molecular complexity index is 1460. The summed E-state index contributed by atoms with van der Waals surface area (Å²) in [7, 11) is 1.67. The summed E-state index contributed by atoms with van der Waals surface area (Å²) in [6.45, 7) is 4.29. The fourth-order valence-corrected chi connectivity index (χ4v) is 6.03. The number of benzene rings is 3. The van der Waals surface area contributed by atoms with Crippen molar-refractivity contribution in [2.75, 3.05) is 12.0 Å². The average molecular weight is 482 g/mol. The molecule has 6 heteroatoms. The van der Waals surface area contributed by atoms with Crippen LogP contribution < -0.4 is 9.64 Å². The van der Waals surface area contributed by atoms with Crippen molar-refractivity contribution in [3.05, 3.63) is 95.2 Å². The van der Waals surface area contributed by atoms with Crippen molar-refractivity contribution in [1.29, 1.82) is 0 Å². The first-order valence-electron chi connectivity index (χ1n) is 12.0. The number of methoxy groups -OCH3 is 1. The van der Waals surface area contributed by atoms with Gasteiger partial charge < -0.3 is 14.6 Å². The van der Waals surface area contributed by atoms with Gasteiger partial charge in [-0.3, -0.25) is 9.69 Å². The lowest BCUT2D eigenvalue weighted by molar-refractivity contribution is -0.120. The number of nitrogens with zero attached hydrogens (tertiary/aromatic N) is 2. The molecule has 2 aliphatic heterocycles. The molecule has 4 aromatic rings. The Morgan fingerprint density at radius 1 is 1.00 bits per heavy atom. The number of para-hydroxylation sites is 2. The van der Waals surface area contributed by atoms with Crippen LogP contribution in [-0.4, -0.2) is 34.1 Å². The van der Waals surface area contributed by atoms with E-state index < -0.39 is 0 Å². The Hall–Kier alpha value is -3.64. The van der Waals surface area contributed by atoms with Crippen LogP contribution in [0.3, 0.4) is 0 Å². The molecular weight excluding hydrogens is 454 g/mol. The summed E-state index contributed by atoms with van der Waals surface area (Å²) in [5.41, 5.74) is 6.44. The minimum Gasteiger partial charge on any atom is -0.497 e. The van der Waals surface area contributed by atoms with Crippen LogP contribution in [0.5, 0.6) is 5.75 Å². The summed E-state index contributed by atoms with van der Waals surface area (Å²) < 4.78 is 5.40. The Morgan fingerprint density at radius 3 is 2.46 bits per heavy atom. The van der Waals surface area contributed by atoms with E-state index in [1.54, 1.807) is 12.0 Å². The molecule has 2 atom stereocenters. The van der Waals surface area contributed by atoms with E-state index in [9.17, 15) is 4.79 Å². The molecule has 0 aliphatic carbocycles. The number of hydrogen-bond acceptors (Lipinski definition) is 3. The predicted molar refractivity (Wildman–Crippen MR) is 143 cm³/mol. The molecule has 0 saturated carbocycles. The second-order valence-corrected chi connectivity index (χ2v) is 9.90. The minimum absolute atomic E-state index is 0.0394. The molecule has 0 bridgehead atoms. The standard InChI is InChI=1S/C29H27N3O2S/c1-17(2)20-8-5-7-11-24(20)32-28(33)25-16-22-21-9-4-6-10-23(21)30-26(22)27(31(25)29(32)35)18-12-14-19(34-3)15-13-18/h4-15,17,25,27,30H,16H2,1-3H3. The Morgan fingerprint density at radius 2 is 1.71 bits per heavy atom. The third kappa shape index (κ3) is 3.27. The molecule has 0 radical (unpaired) electrons. The summed E-state index contributed by atoms with van der Waals surface area (Å²) in [5, 5.41) is 1.72. The maximum absolute atomic E-state index is 14.0. The zero-order valence-electron chi connectivity index (χ0n) is 20.0. The van der Waals surface area contributed by atoms with Gasteiger partial charge in [-0.05, 0) is 59.1 Å². The lowest BCUT2D eigenvalue weighted by Gasteiger charge is -2.37. The van der Waals surface area contributed by atoms with Crippen molar-refractivity contribution in [2.24, 2.45) is 0 Å². The Labute approximate surface area is 210 Å². The van der Waals surface area contributed by atoms with E-state index in [1.165, 1.54) is 10.9 Å². The number of aromatic amines is 1. The number of aromatic nitrogens is 1. The zero-order valence-corrected chi connectivity index (χ0v) is 20.8. The molecule has 1 N–H and O–H groups in total. The smallest absolute Gasteiger partial charge is 0.256 e. The average Bonchev–Trinajstić information content (AvgIpc) is 3.37. The molecule has 1 fully saturated rings. The second kappa shape index (κ2) is 8.24. The number of thiocarbonyl (C=S) groups is 1. The van der Waals surface area contributed by atoms with Crippen LogP contribution in [0.25, 0.3) is 10.9 Å². The molecule has 5 nitrogen and oxygen atoms in total. The number of hydrogen-bond donors (Lipinski definition) is 1. The van der Waals surface area contributed by atoms with Gasteiger partial charge in [0.2, 0.25) is 0 Å². The van der Waals surface area contributed by atoms with Gasteiger partial charge in [-0.25, -0.2) is 0 Å². The van der Waals surface area contributed by atoms with Crippen LogP contribution in [0.4, 0.5) is 5.69 Å². The van der Waals surface area contributed by atoms with Crippen LogP contribution in [0.1, 0.15) is 48.2 Å². The molecule has 176 valence electrons. The van der Waals surface area contributed by atoms with Gasteiger partial charge in [0.15, 0.2) is 5.11 Å². The minimum atomic E-state index is -0.360. The number of nitrogens with one attached hydrogen (secondary N) is 1. The highest BCUT2D eigenvalue weighted by molar-refractivity contribution is 7.80. The molecule has 6 rings (SSSR count). The van der Waals surface area contributed by atoms with E-state index in [1.807, 2.05) is 36.4 Å². The molecule has 0 spiro atoms. The van der Waals surface area contributed by atoms with Crippen molar-refractivity contribution >= 4 is 39.8 Å². The van der Waals surface area contributed by atoms with Gasteiger partial charge in [0.25, 0.3) is 5.91 Å². The number of carbonyl (C=O) groups is 1. The maximum Gasteiger partial charge on any atom is 0.256 e. The van der Waals surface area contributed by atoms with Crippen LogP contribution in [0, 0.1) is 0 Å². The number of carbonyl (C=O) groups excluding carboxylic acids is 1. The van der Waals surface area contributed by atoms with Crippen LogP contribution in [0.15, 0.2) is 72.8 Å². The van der Waals surface area contributed by atoms with Gasteiger partial charge >= 0.3 is 0 Å². The van der Waals surface area contributed by atoms with Crippen molar-refractivity contribution in [2.45, 2.75) is 38.3 Å². The van der Waals surface area contributed by atoms with E-state index in [0.29, 0.717) is 11.5 Å². The third-order valence-corrected chi connectivity index (χ3v) is 7.67. The quantitative estimate of drug-likeness (QED) is 0.366. The van der Waals surface area contributed by atoms with Crippen LogP contribution in [0.2, 0.25) is 0 Å². The number of fused-ring (bicyclic) bond motifs is 4. The second-order valence-electron chi connectivity index (χ2n) is 9.54. The van der Waals surface area contributed by atoms with Gasteiger partial charge in [-0.15, -0.1) is 0 Å². The van der Waals surface area contributed by atoms with Gasteiger partial charge in [-0.2, -0.15) is 0 Å².